The van der Waals surface area contributed by atoms with Crippen LogP contribution in [0.15, 0.2) is 54.9 Å². The lowest BCUT2D eigenvalue weighted by Gasteiger charge is -2.08. The summed E-state index contributed by atoms with van der Waals surface area (Å²) in [5.74, 6) is 1.03. The Balaban J connectivity index is 2.19. The molecule has 0 atom stereocenters. The van der Waals surface area contributed by atoms with E-state index in [1.54, 1.807) is 0 Å². The van der Waals surface area contributed by atoms with E-state index in [4.69, 9.17) is 0 Å². The Hall–Kier alpha value is -2.55. The number of hydrogen-bond acceptors (Lipinski definition) is 0. The second-order valence-electron chi connectivity index (χ2n) is 8.08. The normalized spacial score (nSPS) is 11.4. The van der Waals surface area contributed by atoms with Crippen molar-refractivity contribution in [3.05, 3.63) is 66.0 Å². The van der Waals surface area contributed by atoms with E-state index in [1.165, 1.54) is 33.9 Å². The quantitative estimate of drug-likeness (QED) is 0.627. The molecule has 3 heteroatoms. The maximum Gasteiger partial charge on any atom is 0.277 e. The van der Waals surface area contributed by atoms with Crippen molar-refractivity contribution >= 4 is 0 Å². The van der Waals surface area contributed by atoms with Gasteiger partial charge in [-0.1, -0.05) is 27.7 Å². The van der Waals surface area contributed by atoms with Crippen molar-refractivity contribution in [3.63, 3.8) is 0 Å². The van der Waals surface area contributed by atoms with Crippen LogP contribution in [-0.2, 0) is 21.1 Å². The molecule has 0 unspecified atom stereocenters. The number of aryl methyl sites for hydroxylation is 2. The van der Waals surface area contributed by atoms with Crippen LogP contribution in [0.25, 0.3) is 22.8 Å². The van der Waals surface area contributed by atoms with Gasteiger partial charge in [0.25, 0.3) is 22.8 Å². The highest BCUT2D eigenvalue weighted by Gasteiger charge is 2.27. The second kappa shape index (κ2) is 7.59. The molecular formula is C24H32N3+3. The standard InChI is InChI=1S/C24H32N3/c1-17(2)19-11-13-25(5)23(15-19)21-9-8-10-22(27(21)7)24-16-20(18(3)4)12-14-26(24)6/h8-18H,1-7H3/q+3. The summed E-state index contributed by atoms with van der Waals surface area (Å²) in [6.07, 6.45) is 4.33. The van der Waals surface area contributed by atoms with Crippen molar-refractivity contribution in [2.45, 2.75) is 39.5 Å². The highest BCUT2D eigenvalue weighted by atomic mass is 15.0. The van der Waals surface area contributed by atoms with E-state index in [-0.39, 0.29) is 0 Å². The van der Waals surface area contributed by atoms with E-state index in [0.29, 0.717) is 11.8 Å². The average molecular weight is 363 g/mol. The van der Waals surface area contributed by atoms with Gasteiger partial charge in [-0.3, -0.25) is 0 Å². The first-order valence-corrected chi connectivity index (χ1v) is 9.78. The molecule has 3 rings (SSSR count). The first-order valence-electron chi connectivity index (χ1n) is 9.78. The van der Waals surface area contributed by atoms with Crippen LogP contribution in [0.5, 0.6) is 0 Å². The Morgan fingerprint density at radius 2 is 1.00 bits per heavy atom. The van der Waals surface area contributed by atoms with Gasteiger partial charge in [0, 0.05) is 36.4 Å². The van der Waals surface area contributed by atoms with Crippen LogP contribution in [0.3, 0.4) is 0 Å². The second-order valence-corrected chi connectivity index (χ2v) is 8.08. The van der Waals surface area contributed by atoms with E-state index in [2.05, 4.69) is 117 Å². The molecule has 140 valence electrons. The van der Waals surface area contributed by atoms with Crippen molar-refractivity contribution in [1.29, 1.82) is 0 Å². The molecule has 0 aliphatic heterocycles. The Morgan fingerprint density at radius 3 is 1.37 bits per heavy atom. The van der Waals surface area contributed by atoms with E-state index < -0.39 is 0 Å². The first-order chi connectivity index (χ1) is 12.8. The van der Waals surface area contributed by atoms with Crippen LogP contribution in [0.4, 0.5) is 0 Å². The Bertz CT molecular complexity index is 896. The molecule has 0 fully saturated rings. The zero-order valence-corrected chi connectivity index (χ0v) is 17.7. The minimum atomic E-state index is 0.513. The predicted molar refractivity (Wildman–Crippen MR) is 109 cm³/mol. The molecule has 0 N–H and O–H groups in total. The fourth-order valence-corrected chi connectivity index (χ4v) is 3.50. The van der Waals surface area contributed by atoms with Crippen LogP contribution in [0, 0.1) is 0 Å². The lowest BCUT2D eigenvalue weighted by Crippen LogP contribution is -2.42. The third-order valence-electron chi connectivity index (χ3n) is 5.44. The molecule has 3 aromatic heterocycles. The molecule has 0 aromatic carbocycles. The van der Waals surface area contributed by atoms with Gasteiger partial charge in [0.1, 0.15) is 21.1 Å². The number of rotatable bonds is 4. The summed E-state index contributed by atoms with van der Waals surface area (Å²) >= 11 is 0. The molecule has 0 saturated heterocycles. The van der Waals surface area contributed by atoms with Crippen molar-refractivity contribution in [2.75, 3.05) is 0 Å². The van der Waals surface area contributed by atoms with Gasteiger partial charge in [-0.15, -0.1) is 0 Å². The van der Waals surface area contributed by atoms with Crippen LogP contribution in [-0.4, -0.2) is 0 Å². The molecule has 27 heavy (non-hydrogen) atoms. The van der Waals surface area contributed by atoms with E-state index >= 15 is 0 Å². The van der Waals surface area contributed by atoms with Gasteiger partial charge < -0.3 is 0 Å². The fourth-order valence-electron chi connectivity index (χ4n) is 3.50. The van der Waals surface area contributed by atoms with Gasteiger partial charge in [-0.2, -0.15) is 13.7 Å². The third kappa shape index (κ3) is 3.78. The smallest absolute Gasteiger partial charge is 0.196 e. The Morgan fingerprint density at radius 1 is 0.593 bits per heavy atom. The summed E-state index contributed by atoms with van der Waals surface area (Å²) in [5.41, 5.74) is 7.61. The molecule has 3 heterocycles. The molecule has 3 aromatic rings. The van der Waals surface area contributed by atoms with Crippen LogP contribution < -0.4 is 13.7 Å². The highest BCUT2D eigenvalue weighted by molar-refractivity contribution is 5.54. The molecule has 0 amide bonds. The topological polar surface area (TPSA) is 11.6 Å². The lowest BCUT2D eigenvalue weighted by atomic mass is 10.0. The van der Waals surface area contributed by atoms with Crippen LogP contribution in [0.1, 0.15) is 50.7 Å². The number of nitrogens with zero attached hydrogens (tertiary/aromatic N) is 3. The maximum atomic E-state index is 2.31. The van der Waals surface area contributed by atoms with Gasteiger partial charge in [0.2, 0.25) is 0 Å². The summed E-state index contributed by atoms with van der Waals surface area (Å²) in [5, 5.41) is 0. The average Bonchev–Trinajstić information content (AvgIpc) is 2.63. The summed E-state index contributed by atoms with van der Waals surface area (Å²) in [4.78, 5) is 0. The fraction of sp³-hybridized carbons (Fsp3) is 0.375. The summed E-state index contributed by atoms with van der Waals surface area (Å²) in [6.45, 7) is 8.97. The van der Waals surface area contributed by atoms with Crippen molar-refractivity contribution in [2.24, 2.45) is 21.1 Å². The Kier molecular flexibility index (Phi) is 5.41. The minimum absolute atomic E-state index is 0.513. The van der Waals surface area contributed by atoms with Crippen LogP contribution >= 0.6 is 0 Å². The number of hydrogen-bond donors (Lipinski definition) is 0. The SMILES string of the molecule is CC(C)c1cc[n+](C)c(-c2cccc(-c3cc(C(C)C)cc[n+]3C)[n+]2C)c1. The third-order valence-corrected chi connectivity index (χ3v) is 5.44. The minimum Gasteiger partial charge on any atom is -0.196 e. The van der Waals surface area contributed by atoms with Gasteiger partial charge >= 0.3 is 0 Å². The van der Waals surface area contributed by atoms with Crippen molar-refractivity contribution in [1.82, 2.24) is 0 Å². The summed E-state index contributed by atoms with van der Waals surface area (Å²) < 4.78 is 6.71. The molecule has 0 aliphatic rings. The van der Waals surface area contributed by atoms with Gasteiger partial charge in [0.05, 0.1) is 0 Å². The number of aromatic nitrogens is 3. The first kappa shape index (κ1) is 19.2. The van der Waals surface area contributed by atoms with Gasteiger partial charge in [0.15, 0.2) is 12.4 Å². The van der Waals surface area contributed by atoms with E-state index in [1.807, 2.05) is 0 Å². The van der Waals surface area contributed by atoms with E-state index in [0.717, 1.165) is 0 Å². The van der Waals surface area contributed by atoms with Crippen LogP contribution in [0.2, 0.25) is 0 Å². The molecule has 0 aliphatic carbocycles. The largest absolute Gasteiger partial charge is 0.277 e. The van der Waals surface area contributed by atoms with Gasteiger partial charge in [-0.05, 0) is 29.0 Å². The monoisotopic (exact) mass is 362 g/mol. The Labute approximate surface area is 163 Å². The maximum absolute atomic E-state index is 2.31. The summed E-state index contributed by atoms with van der Waals surface area (Å²) in [7, 11) is 6.39. The molecule has 0 radical (unpaired) electrons. The van der Waals surface area contributed by atoms with Crippen molar-refractivity contribution < 1.29 is 13.7 Å². The number of pyridine rings is 3. The van der Waals surface area contributed by atoms with E-state index in [9.17, 15) is 0 Å². The molecule has 3 nitrogen and oxygen atoms in total. The molecular weight excluding hydrogens is 330 g/mol. The molecule has 0 saturated carbocycles. The highest BCUT2D eigenvalue weighted by Crippen LogP contribution is 2.22. The lowest BCUT2D eigenvalue weighted by molar-refractivity contribution is -0.697. The zero-order valence-electron chi connectivity index (χ0n) is 17.7. The molecule has 0 bridgehead atoms. The zero-order chi connectivity index (χ0) is 19.7. The predicted octanol–water partition coefficient (Wildman–Crippen LogP) is 3.74. The van der Waals surface area contributed by atoms with Crippen molar-refractivity contribution in [3.8, 4) is 22.8 Å². The molecule has 0 spiro atoms. The summed E-state index contributed by atoms with van der Waals surface area (Å²) in [6, 6.07) is 15.6. The van der Waals surface area contributed by atoms with Gasteiger partial charge in [-0.25, -0.2) is 0 Å².